The molecular weight excluding hydrogens is 228 g/mol. The van der Waals surface area contributed by atoms with Crippen molar-refractivity contribution in [1.29, 1.82) is 5.26 Å². The van der Waals surface area contributed by atoms with Crippen molar-refractivity contribution in [2.45, 2.75) is 20.0 Å². The molecule has 5 heteroatoms. The molecule has 18 heavy (non-hydrogen) atoms. The van der Waals surface area contributed by atoms with Crippen LogP contribution in [0.3, 0.4) is 0 Å². The van der Waals surface area contributed by atoms with Gasteiger partial charge in [0.15, 0.2) is 0 Å². The van der Waals surface area contributed by atoms with Gasteiger partial charge in [-0.2, -0.15) is 5.26 Å². The predicted octanol–water partition coefficient (Wildman–Crippen LogP) is 0.734. The third-order valence-corrected chi connectivity index (χ3v) is 3.16. The van der Waals surface area contributed by atoms with E-state index in [1.54, 1.807) is 0 Å². The van der Waals surface area contributed by atoms with E-state index in [1.807, 2.05) is 19.9 Å². The summed E-state index contributed by atoms with van der Waals surface area (Å²) in [6, 6.07) is 4.21. The fraction of sp³-hybridized carbons (Fsp3) is 0.538. The number of aromatic nitrogens is 1. The van der Waals surface area contributed by atoms with Gasteiger partial charge in [-0.3, -0.25) is 4.98 Å². The Morgan fingerprint density at radius 1 is 1.61 bits per heavy atom. The first-order chi connectivity index (χ1) is 8.65. The van der Waals surface area contributed by atoms with E-state index >= 15 is 0 Å². The molecular formula is C13H18N4O. The van der Waals surface area contributed by atoms with E-state index in [-0.39, 0.29) is 6.10 Å². The van der Waals surface area contributed by atoms with Gasteiger partial charge in [0.1, 0.15) is 6.07 Å². The van der Waals surface area contributed by atoms with Crippen molar-refractivity contribution in [3.63, 3.8) is 0 Å². The van der Waals surface area contributed by atoms with Gasteiger partial charge in [0.25, 0.3) is 0 Å². The van der Waals surface area contributed by atoms with Crippen molar-refractivity contribution in [1.82, 2.24) is 4.98 Å². The smallest absolute Gasteiger partial charge is 0.103 e. The molecule has 1 aliphatic rings. The number of ether oxygens (including phenoxy) is 1. The lowest BCUT2D eigenvalue weighted by atomic mass is 10.1. The van der Waals surface area contributed by atoms with Gasteiger partial charge in [-0.15, -0.1) is 0 Å². The van der Waals surface area contributed by atoms with Gasteiger partial charge in [0, 0.05) is 25.3 Å². The topological polar surface area (TPSA) is 75.2 Å². The summed E-state index contributed by atoms with van der Waals surface area (Å²) in [7, 11) is 0. The maximum atomic E-state index is 9.27. The molecule has 1 aromatic rings. The van der Waals surface area contributed by atoms with E-state index in [9.17, 15) is 5.26 Å². The van der Waals surface area contributed by atoms with Crippen LogP contribution in [-0.4, -0.2) is 37.3 Å². The number of rotatable bonds is 2. The number of nitrogens with two attached hydrogens (primary N) is 1. The number of nitriles is 1. The molecule has 2 heterocycles. The number of morpholine rings is 1. The highest BCUT2D eigenvalue weighted by Crippen LogP contribution is 2.24. The molecule has 1 aliphatic heterocycles. The number of anilines is 1. The van der Waals surface area contributed by atoms with Gasteiger partial charge >= 0.3 is 0 Å². The second-order valence-corrected chi connectivity index (χ2v) is 4.53. The molecule has 0 aliphatic carbocycles. The van der Waals surface area contributed by atoms with Crippen molar-refractivity contribution in [2.75, 3.05) is 31.1 Å². The van der Waals surface area contributed by atoms with Crippen LogP contribution < -0.4 is 10.6 Å². The number of hydrogen-bond donors (Lipinski definition) is 1. The van der Waals surface area contributed by atoms with E-state index in [0.717, 1.165) is 30.2 Å². The first-order valence-corrected chi connectivity index (χ1v) is 6.10. The second-order valence-electron chi connectivity index (χ2n) is 4.53. The van der Waals surface area contributed by atoms with Crippen LogP contribution in [0.1, 0.15) is 17.0 Å². The summed E-state index contributed by atoms with van der Waals surface area (Å²) in [5, 5.41) is 9.27. The fourth-order valence-corrected chi connectivity index (χ4v) is 2.28. The Bertz CT molecular complexity index is 481. The van der Waals surface area contributed by atoms with Crippen LogP contribution in [0.2, 0.25) is 0 Å². The molecule has 1 aromatic heterocycles. The van der Waals surface area contributed by atoms with Crippen LogP contribution in [0.5, 0.6) is 0 Å². The summed E-state index contributed by atoms with van der Waals surface area (Å²) in [5.41, 5.74) is 8.95. The highest BCUT2D eigenvalue weighted by molar-refractivity contribution is 5.61. The Balaban J connectivity index is 2.35. The number of aryl methyl sites for hydroxylation is 2. The van der Waals surface area contributed by atoms with Crippen molar-refractivity contribution >= 4 is 5.69 Å². The molecule has 1 fully saturated rings. The van der Waals surface area contributed by atoms with Crippen LogP contribution in [-0.2, 0) is 4.74 Å². The number of hydrogen-bond acceptors (Lipinski definition) is 5. The average molecular weight is 246 g/mol. The average Bonchev–Trinajstić information content (AvgIpc) is 2.38. The summed E-state index contributed by atoms with van der Waals surface area (Å²) in [6.07, 6.45) is 0.0408. The summed E-state index contributed by atoms with van der Waals surface area (Å²) in [4.78, 5) is 6.50. The number of pyridine rings is 1. The van der Waals surface area contributed by atoms with E-state index in [1.165, 1.54) is 0 Å². The predicted molar refractivity (Wildman–Crippen MR) is 69.4 cm³/mol. The standard InChI is InChI=1S/C13H18N4O/c1-9-5-13(12(7-15)10(2)16-9)17-3-4-18-11(6-14)8-17/h5,11H,3-4,6,8,14H2,1-2H3. The lowest BCUT2D eigenvalue weighted by molar-refractivity contribution is 0.0465. The van der Waals surface area contributed by atoms with Crippen molar-refractivity contribution in [2.24, 2.45) is 5.73 Å². The summed E-state index contributed by atoms with van der Waals surface area (Å²) in [6.45, 7) is 6.48. The van der Waals surface area contributed by atoms with Crippen molar-refractivity contribution in [3.05, 3.63) is 23.0 Å². The van der Waals surface area contributed by atoms with E-state index in [2.05, 4.69) is 16.0 Å². The lowest BCUT2D eigenvalue weighted by Gasteiger charge is -2.34. The largest absolute Gasteiger partial charge is 0.373 e. The van der Waals surface area contributed by atoms with Gasteiger partial charge in [-0.1, -0.05) is 0 Å². The van der Waals surface area contributed by atoms with E-state index in [4.69, 9.17) is 10.5 Å². The Labute approximate surface area is 107 Å². The highest BCUT2D eigenvalue weighted by Gasteiger charge is 2.22. The molecule has 0 radical (unpaired) electrons. The molecule has 5 nitrogen and oxygen atoms in total. The monoisotopic (exact) mass is 246 g/mol. The van der Waals surface area contributed by atoms with Crippen LogP contribution >= 0.6 is 0 Å². The molecule has 0 saturated carbocycles. The third-order valence-electron chi connectivity index (χ3n) is 3.16. The van der Waals surface area contributed by atoms with Crippen molar-refractivity contribution < 1.29 is 4.74 Å². The zero-order chi connectivity index (χ0) is 13.1. The maximum absolute atomic E-state index is 9.27. The minimum atomic E-state index is 0.0408. The third kappa shape index (κ3) is 2.45. The zero-order valence-corrected chi connectivity index (χ0v) is 10.8. The molecule has 1 atom stereocenters. The molecule has 0 spiro atoms. The molecule has 1 saturated heterocycles. The van der Waals surface area contributed by atoms with E-state index in [0.29, 0.717) is 18.7 Å². The van der Waals surface area contributed by atoms with Crippen molar-refractivity contribution in [3.8, 4) is 6.07 Å². The minimum Gasteiger partial charge on any atom is -0.373 e. The Hall–Kier alpha value is -1.64. The normalized spacial score (nSPS) is 19.7. The summed E-state index contributed by atoms with van der Waals surface area (Å²) >= 11 is 0. The molecule has 2 rings (SSSR count). The first kappa shape index (κ1) is 12.8. The summed E-state index contributed by atoms with van der Waals surface area (Å²) < 4.78 is 5.55. The van der Waals surface area contributed by atoms with E-state index < -0.39 is 0 Å². The van der Waals surface area contributed by atoms with Gasteiger partial charge in [-0.05, 0) is 19.9 Å². The SMILES string of the molecule is Cc1cc(N2CCOC(CN)C2)c(C#N)c(C)n1. The molecule has 0 aromatic carbocycles. The number of nitrogens with zero attached hydrogens (tertiary/aromatic N) is 3. The lowest BCUT2D eigenvalue weighted by Crippen LogP contribution is -2.46. The molecule has 0 amide bonds. The van der Waals surface area contributed by atoms with Gasteiger partial charge in [0.05, 0.1) is 29.7 Å². The van der Waals surface area contributed by atoms with Crippen LogP contribution in [0.15, 0.2) is 6.07 Å². The van der Waals surface area contributed by atoms with Crippen LogP contribution in [0.25, 0.3) is 0 Å². The molecule has 2 N–H and O–H groups in total. The Morgan fingerprint density at radius 3 is 3.06 bits per heavy atom. The van der Waals surface area contributed by atoms with Gasteiger partial charge < -0.3 is 15.4 Å². The van der Waals surface area contributed by atoms with Crippen LogP contribution in [0.4, 0.5) is 5.69 Å². The Morgan fingerprint density at radius 2 is 2.39 bits per heavy atom. The summed E-state index contributed by atoms with van der Waals surface area (Å²) in [5.74, 6) is 0. The fourth-order valence-electron chi connectivity index (χ4n) is 2.28. The van der Waals surface area contributed by atoms with Gasteiger partial charge in [0.2, 0.25) is 0 Å². The maximum Gasteiger partial charge on any atom is 0.103 e. The van der Waals surface area contributed by atoms with Gasteiger partial charge in [-0.25, -0.2) is 0 Å². The van der Waals surface area contributed by atoms with Crippen LogP contribution in [0, 0.1) is 25.2 Å². The minimum absolute atomic E-state index is 0.0408. The Kier molecular flexibility index (Phi) is 3.80. The zero-order valence-electron chi connectivity index (χ0n) is 10.8. The first-order valence-electron chi connectivity index (χ1n) is 6.10. The quantitative estimate of drug-likeness (QED) is 0.832. The second kappa shape index (κ2) is 5.34. The molecule has 1 unspecified atom stereocenters. The molecule has 96 valence electrons. The highest BCUT2D eigenvalue weighted by atomic mass is 16.5. The molecule has 0 bridgehead atoms.